The van der Waals surface area contributed by atoms with Gasteiger partial charge in [-0.05, 0) is 45.0 Å². The maximum absolute atomic E-state index is 12.6. The van der Waals surface area contributed by atoms with Gasteiger partial charge in [0.1, 0.15) is 17.4 Å². The Labute approximate surface area is 181 Å². The Morgan fingerprint density at radius 2 is 1.97 bits per heavy atom. The van der Waals surface area contributed by atoms with Crippen LogP contribution in [0.2, 0.25) is 0 Å². The normalized spacial score (nSPS) is 23.5. The molecule has 2 saturated heterocycles. The van der Waals surface area contributed by atoms with Crippen LogP contribution >= 0.6 is 11.3 Å². The van der Waals surface area contributed by atoms with E-state index in [9.17, 15) is 13.2 Å². The Hall–Kier alpha value is -1.97. The van der Waals surface area contributed by atoms with Gasteiger partial charge in [-0.3, -0.25) is 9.69 Å². The van der Waals surface area contributed by atoms with E-state index in [0.29, 0.717) is 12.3 Å². The summed E-state index contributed by atoms with van der Waals surface area (Å²) in [5.41, 5.74) is 1.85. The van der Waals surface area contributed by atoms with Gasteiger partial charge in [-0.25, -0.2) is 13.4 Å². The summed E-state index contributed by atoms with van der Waals surface area (Å²) in [5.74, 6) is 0.755. The van der Waals surface area contributed by atoms with Gasteiger partial charge in [-0.2, -0.15) is 0 Å². The van der Waals surface area contributed by atoms with E-state index in [4.69, 9.17) is 4.74 Å². The van der Waals surface area contributed by atoms with E-state index in [-0.39, 0.29) is 35.9 Å². The number of aromatic nitrogens is 1. The molecule has 2 fully saturated rings. The molecule has 4 rings (SSSR count). The highest BCUT2D eigenvalue weighted by atomic mass is 32.2. The molecule has 7 nitrogen and oxygen atoms in total. The molecule has 30 heavy (non-hydrogen) atoms. The quantitative estimate of drug-likeness (QED) is 0.695. The summed E-state index contributed by atoms with van der Waals surface area (Å²) < 4.78 is 30.1. The van der Waals surface area contributed by atoms with Crippen LogP contribution in [-0.2, 0) is 27.7 Å². The topological polar surface area (TPSA) is 88.6 Å². The second-order valence-electron chi connectivity index (χ2n) is 8.07. The lowest BCUT2D eigenvalue weighted by molar-refractivity contribution is -0.121. The first-order valence-corrected chi connectivity index (χ1v) is 12.9. The molecule has 0 spiro atoms. The van der Waals surface area contributed by atoms with Crippen LogP contribution in [0, 0.1) is 6.92 Å². The lowest BCUT2D eigenvalue weighted by atomic mass is 10.1. The second kappa shape index (κ2) is 9.03. The van der Waals surface area contributed by atoms with Gasteiger partial charge >= 0.3 is 0 Å². The molecule has 0 radical (unpaired) electrons. The van der Waals surface area contributed by atoms with Crippen molar-refractivity contribution >= 4 is 27.1 Å². The monoisotopic (exact) mass is 449 g/mol. The average molecular weight is 450 g/mol. The highest BCUT2D eigenvalue weighted by Crippen LogP contribution is 2.23. The number of likely N-dealkylation sites (tertiary alicyclic amines) is 1. The number of ether oxygens (including phenoxy) is 1. The van der Waals surface area contributed by atoms with Crippen molar-refractivity contribution in [3.8, 4) is 5.75 Å². The molecule has 9 heteroatoms. The summed E-state index contributed by atoms with van der Waals surface area (Å²) in [6.45, 7) is 4.19. The first-order valence-electron chi connectivity index (χ1n) is 10.2. The molecule has 0 bridgehead atoms. The Balaban J connectivity index is 1.31. The minimum absolute atomic E-state index is 0.0204. The van der Waals surface area contributed by atoms with E-state index in [1.54, 1.807) is 0 Å². The van der Waals surface area contributed by atoms with Crippen LogP contribution < -0.4 is 10.1 Å². The molecule has 1 N–H and O–H groups in total. The standard InChI is InChI=1S/C21H27N3O4S2/c1-15-4-6-17(7-5-15)28-11-21-22-16(12-29-21)10-20(25)23-18-13-30(26,27)14-19(18)24-8-2-3-9-24/h4-7,12,18-19H,2-3,8-11,13-14H2,1H3,(H,23,25). The zero-order chi connectivity index (χ0) is 21.1. The van der Waals surface area contributed by atoms with Crippen molar-refractivity contribution in [2.45, 2.75) is 44.9 Å². The van der Waals surface area contributed by atoms with Crippen molar-refractivity contribution in [1.29, 1.82) is 0 Å². The molecule has 1 aromatic heterocycles. The van der Waals surface area contributed by atoms with E-state index < -0.39 is 9.84 Å². The highest BCUT2D eigenvalue weighted by molar-refractivity contribution is 7.91. The molecule has 2 aliphatic rings. The smallest absolute Gasteiger partial charge is 0.226 e. The van der Waals surface area contributed by atoms with Gasteiger partial charge < -0.3 is 10.1 Å². The molecule has 0 saturated carbocycles. The Kier molecular flexibility index (Phi) is 6.40. The number of carbonyl (C=O) groups is 1. The van der Waals surface area contributed by atoms with Gasteiger partial charge in [0, 0.05) is 11.4 Å². The molecule has 3 heterocycles. The van der Waals surface area contributed by atoms with Gasteiger partial charge in [0.15, 0.2) is 9.84 Å². The van der Waals surface area contributed by atoms with Gasteiger partial charge in [0.2, 0.25) is 5.91 Å². The van der Waals surface area contributed by atoms with Gasteiger partial charge in [-0.1, -0.05) is 17.7 Å². The van der Waals surface area contributed by atoms with Crippen molar-refractivity contribution in [3.05, 3.63) is 45.9 Å². The summed E-state index contributed by atoms with van der Waals surface area (Å²) in [6, 6.07) is 7.36. The van der Waals surface area contributed by atoms with Crippen molar-refractivity contribution in [1.82, 2.24) is 15.2 Å². The molecular formula is C21H27N3O4S2. The minimum Gasteiger partial charge on any atom is -0.486 e. The Morgan fingerprint density at radius 1 is 1.23 bits per heavy atom. The van der Waals surface area contributed by atoms with Crippen LogP contribution in [0.5, 0.6) is 5.75 Å². The minimum atomic E-state index is -3.12. The number of benzene rings is 1. The second-order valence-corrected chi connectivity index (χ2v) is 11.2. The number of thiazole rings is 1. The van der Waals surface area contributed by atoms with Gasteiger partial charge in [0.25, 0.3) is 0 Å². The third kappa shape index (κ3) is 5.39. The number of nitrogens with zero attached hydrogens (tertiary/aromatic N) is 2. The summed E-state index contributed by atoms with van der Waals surface area (Å²) in [4.78, 5) is 19.3. The largest absolute Gasteiger partial charge is 0.486 e. The number of sulfone groups is 1. The fourth-order valence-corrected chi connectivity index (χ4v) is 6.76. The summed E-state index contributed by atoms with van der Waals surface area (Å²) in [6.07, 6.45) is 2.32. The Morgan fingerprint density at radius 3 is 2.70 bits per heavy atom. The lowest BCUT2D eigenvalue weighted by Crippen LogP contribution is -2.50. The van der Waals surface area contributed by atoms with Crippen LogP contribution in [0.1, 0.15) is 29.1 Å². The molecule has 2 aliphatic heterocycles. The van der Waals surface area contributed by atoms with E-state index in [2.05, 4.69) is 15.2 Å². The third-order valence-corrected chi connectivity index (χ3v) is 8.19. The Bertz CT molecular complexity index is 982. The number of nitrogens with one attached hydrogen (secondary N) is 1. The van der Waals surface area contributed by atoms with Crippen LogP contribution in [-0.4, -0.2) is 60.9 Å². The summed E-state index contributed by atoms with van der Waals surface area (Å²) >= 11 is 1.46. The molecule has 1 amide bonds. The molecule has 2 aromatic rings. The number of carbonyl (C=O) groups excluding carboxylic acids is 1. The number of aryl methyl sites for hydroxylation is 1. The highest BCUT2D eigenvalue weighted by Gasteiger charge is 2.42. The van der Waals surface area contributed by atoms with Crippen LogP contribution in [0.4, 0.5) is 0 Å². The summed E-state index contributed by atoms with van der Waals surface area (Å²) in [7, 11) is -3.12. The molecule has 0 aliphatic carbocycles. The molecule has 162 valence electrons. The fraction of sp³-hybridized carbons (Fsp3) is 0.524. The van der Waals surface area contributed by atoms with Crippen LogP contribution in [0.3, 0.4) is 0 Å². The van der Waals surface area contributed by atoms with E-state index in [1.807, 2.05) is 36.6 Å². The molecule has 2 atom stereocenters. The zero-order valence-electron chi connectivity index (χ0n) is 17.0. The van der Waals surface area contributed by atoms with Gasteiger partial charge in [0.05, 0.1) is 29.7 Å². The van der Waals surface area contributed by atoms with E-state index in [0.717, 1.165) is 36.7 Å². The molecule has 1 aromatic carbocycles. The number of hydrogen-bond donors (Lipinski definition) is 1. The number of hydrogen-bond acceptors (Lipinski definition) is 7. The maximum Gasteiger partial charge on any atom is 0.226 e. The number of amides is 1. The molecular weight excluding hydrogens is 422 g/mol. The number of rotatable bonds is 7. The van der Waals surface area contributed by atoms with Crippen LogP contribution in [0.15, 0.2) is 29.6 Å². The SMILES string of the molecule is Cc1ccc(OCc2nc(CC(=O)NC3CS(=O)(=O)CC3N3CCCC3)cs2)cc1. The van der Waals surface area contributed by atoms with E-state index >= 15 is 0 Å². The zero-order valence-corrected chi connectivity index (χ0v) is 18.7. The first-order chi connectivity index (χ1) is 14.4. The maximum atomic E-state index is 12.6. The van der Waals surface area contributed by atoms with Crippen molar-refractivity contribution in [2.24, 2.45) is 0 Å². The van der Waals surface area contributed by atoms with E-state index in [1.165, 1.54) is 16.9 Å². The predicted octanol–water partition coefficient (Wildman–Crippen LogP) is 1.95. The third-order valence-electron chi connectivity index (χ3n) is 5.60. The van der Waals surface area contributed by atoms with Crippen LogP contribution in [0.25, 0.3) is 0 Å². The first kappa shape index (κ1) is 21.3. The fourth-order valence-electron chi connectivity index (χ4n) is 4.10. The summed E-state index contributed by atoms with van der Waals surface area (Å²) in [5, 5.41) is 5.62. The van der Waals surface area contributed by atoms with Gasteiger partial charge in [-0.15, -0.1) is 11.3 Å². The van der Waals surface area contributed by atoms with Crippen molar-refractivity contribution in [2.75, 3.05) is 24.6 Å². The van der Waals surface area contributed by atoms with Crippen molar-refractivity contribution < 1.29 is 17.9 Å². The predicted molar refractivity (Wildman–Crippen MR) is 117 cm³/mol. The average Bonchev–Trinajstić information content (AvgIpc) is 3.42. The molecule has 2 unspecified atom stereocenters. The lowest BCUT2D eigenvalue weighted by Gasteiger charge is -2.28. The van der Waals surface area contributed by atoms with Crippen molar-refractivity contribution in [3.63, 3.8) is 0 Å².